The summed E-state index contributed by atoms with van der Waals surface area (Å²) in [4.78, 5) is 19.5. The summed E-state index contributed by atoms with van der Waals surface area (Å²) in [6.45, 7) is 6.82. The van der Waals surface area contributed by atoms with E-state index in [4.69, 9.17) is 11.6 Å². The van der Waals surface area contributed by atoms with E-state index in [0.29, 0.717) is 11.1 Å². The second kappa shape index (κ2) is 9.93. The van der Waals surface area contributed by atoms with Crippen LogP contribution >= 0.6 is 11.6 Å². The molecule has 0 aliphatic carbocycles. The van der Waals surface area contributed by atoms with Crippen molar-refractivity contribution < 1.29 is 18.0 Å². The summed E-state index contributed by atoms with van der Waals surface area (Å²) < 4.78 is 40.0. The van der Waals surface area contributed by atoms with E-state index in [9.17, 15) is 18.0 Å². The fourth-order valence-electron chi connectivity index (χ4n) is 3.97. The number of nitrogens with one attached hydrogen (secondary N) is 1. The van der Waals surface area contributed by atoms with Gasteiger partial charge in [0.1, 0.15) is 0 Å². The average molecular weight is 515 g/mol. The Hall–Kier alpha value is -3.39. The molecule has 36 heavy (non-hydrogen) atoms. The van der Waals surface area contributed by atoms with Gasteiger partial charge in [-0.2, -0.15) is 18.3 Å². The van der Waals surface area contributed by atoms with E-state index in [1.165, 1.54) is 12.3 Å². The minimum absolute atomic E-state index is 0.0149. The van der Waals surface area contributed by atoms with Gasteiger partial charge in [-0.15, -0.1) is 0 Å². The fourth-order valence-corrected chi connectivity index (χ4v) is 4.20. The van der Waals surface area contributed by atoms with Gasteiger partial charge < -0.3 is 4.90 Å². The molecule has 0 aliphatic rings. The van der Waals surface area contributed by atoms with Crippen molar-refractivity contribution in [3.63, 3.8) is 0 Å². The Balaban J connectivity index is 1.63. The summed E-state index contributed by atoms with van der Waals surface area (Å²) in [6.07, 6.45) is -1.20. The van der Waals surface area contributed by atoms with E-state index >= 15 is 0 Å². The fraction of sp³-hybridized carbons (Fsp3) is 0.296. The van der Waals surface area contributed by atoms with Gasteiger partial charge in [0.2, 0.25) is 0 Å². The molecular formula is C27H26ClF3N4O. The van der Waals surface area contributed by atoms with E-state index in [1.54, 1.807) is 23.2 Å². The van der Waals surface area contributed by atoms with Crippen LogP contribution in [0.4, 0.5) is 13.2 Å². The van der Waals surface area contributed by atoms with E-state index in [2.05, 4.69) is 36.0 Å². The minimum atomic E-state index is -4.56. The van der Waals surface area contributed by atoms with Crippen molar-refractivity contribution in [3.8, 4) is 0 Å². The lowest BCUT2D eigenvalue weighted by molar-refractivity contribution is -0.137. The Morgan fingerprint density at radius 3 is 2.39 bits per heavy atom. The molecule has 0 bridgehead atoms. The maximum atomic E-state index is 13.6. The number of fused-ring (bicyclic) bond motifs is 1. The Bertz CT molecular complexity index is 1370. The average Bonchev–Trinajstić information content (AvgIpc) is 3.30. The number of carbonyl (C=O) groups is 1. The topological polar surface area (TPSA) is 61.9 Å². The Kier molecular flexibility index (Phi) is 7.09. The molecule has 0 atom stereocenters. The Labute approximate surface area is 212 Å². The number of amides is 1. The molecule has 2 aromatic heterocycles. The molecule has 0 radical (unpaired) electrons. The third-order valence-electron chi connectivity index (χ3n) is 6.05. The van der Waals surface area contributed by atoms with E-state index in [1.807, 2.05) is 24.3 Å². The van der Waals surface area contributed by atoms with Crippen molar-refractivity contribution in [2.24, 2.45) is 0 Å². The number of rotatable bonds is 6. The number of hydrogen-bond donors (Lipinski definition) is 1. The molecular weight excluding hydrogens is 489 g/mol. The number of aromatic amines is 1. The number of H-pyrrole nitrogens is 1. The lowest BCUT2D eigenvalue weighted by atomic mass is 9.87. The van der Waals surface area contributed by atoms with E-state index in [0.717, 1.165) is 22.6 Å². The molecule has 0 unspecified atom stereocenters. The highest BCUT2D eigenvalue weighted by atomic mass is 35.5. The molecule has 188 valence electrons. The van der Waals surface area contributed by atoms with Crippen LogP contribution in [0.3, 0.4) is 0 Å². The van der Waals surface area contributed by atoms with E-state index < -0.39 is 11.7 Å². The molecule has 1 N–H and O–H groups in total. The van der Waals surface area contributed by atoms with Crippen LogP contribution in [0.1, 0.15) is 53.5 Å². The van der Waals surface area contributed by atoms with Gasteiger partial charge in [-0.05, 0) is 46.7 Å². The molecule has 0 fully saturated rings. The summed E-state index contributed by atoms with van der Waals surface area (Å²) in [6, 6.07) is 13.6. The zero-order valence-corrected chi connectivity index (χ0v) is 20.9. The molecule has 0 aliphatic heterocycles. The number of alkyl halides is 3. The second-order valence-corrected chi connectivity index (χ2v) is 10.1. The number of hydrogen-bond acceptors (Lipinski definition) is 3. The van der Waals surface area contributed by atoms with Crippen molar-refractivity contribution in [2.45, 2.75) is 45.3 Å². The standard InChI is InChI=1S/C27H26ClF3N4O/c1-26(2,3)20-7-4-18(5-8-20)16-35(25(36)24-23-19(10-12-32-24)15-33-34-23)13-11-17-6-9-22(28)21(14-17)27(29,30)31/h4-10,12,14-15H,11,13,16H2,1-3H3,(H,33,34). The summed E-state index contributed by atoms with van der Waals surface area (Å²) >= 11 is 5.77. The molecule has 2 heterocycles. The van der Waals surface area contributed by atoms with Gasteiger partial charge in [-0.25, -0.2) is 4.98 Å². The SMILES string of the molecule is CC(C)(C)c1ccc(CN(CCc2ccc(Cl)c(C(F)(F)F)c2)C(=O)c2nccc3cn[nH]c23)cc1. The third kappa shape index (κ3) is 5.70. The van der Waals surface area contributed by atoms with Crippen molar-refractivity contribution >= 4 is 28.4 Å². The number of pyridine rings is 1. The van der Waals surface area contributed by atoms with Gasteiger partial charge in [-0.1, -0.05) is 62.7 Å². The monoisotopic (exact) mass is 514 g/mol. The molecule has 4 rings (SSSR count). The Morgan fingerprint density at radius 2 is 1.72 bits per heavy atom. The number of carbonyl (C=O) groups excluding carboxylic acids is 1. The first-order valence-electron chi connectivity index (χ1n) is 11.5. The van der Waals surface area contributed by atoms with Crippen LogP contribution in [0.2, 0.25) is 5.02 Å². The summed E-state index contributed by atoms with van der Waals surface area (Å²) in [5.41, 5.74) is 2.32. The van der Waals surface area contributed by atoms with Crippen molar-refractivity contribution in [1.82, 2.24) is 20.1 Å². The highest BCUT2D eigenvalue weighted by molar-refractivity contribution is 6.31. The van der Waals surface area contributed by atoms with Crippen LogP contribution in [0.15, 0.2) is 60.9 Å². The maximum absolute atomic E-state index is 13.6. The predicted molar refractivity (Wildman–Crippen MR) is 134 cm³/mol. The van der Waals surface area contributed by atoms with Crippen LogP contribution in [0, 0.1) is 0 Å². The summed E-state index contributed by atoms with van der Waals surface area (Å²) in [7, 11) is 0. The van der Waals surface area contributed by atoms with E-state index in [-0.39, 0.29) is 41.5 Å². The highest BCUT2D eigenvalue weighted by Crippen LogP contribution is 2.35. The van der Waals surface area contributed by atoms with Crippen molar-refractivity contribution in [1.29, 1.82) is 0 Å². The zero-order chi connectivity index (χ0) is 26.1. The van der Waals surface area contributed by atoms with Crippen LogP contribution < -0.4 is 0 Å². The highest BCUT2D eigenvalue weighted by Gasteiger charge is 2.33. The first-order chi connectivity index (χ1) is 16.9. The lowest BCUT2D eigenvalue weighted by Gasteiger charge is -2.24. The van der Waals surface area contributed by atoms with Crippen molar-refractivity contribution in [3.05, 3.63) is 93.9 Å². The molecule has 4 aromatic rings. The molecule has 0 spiro atoms. The normalized spacial score (nSPS) is 12.2. The Morgan fingerprint density at radius 1 is 1.03 bits per heavy atom. The predicted octanol–water partition coefficient (Wildman–Crippen LogP) is 6.81. The molecule has 0 saturated carbocycles. The minimum Gasteiger partial charge on any atom is -0.333 e. The number of aromatic nitrogens is 3. The van der Waals surface area contributed by atoms with Crippen LogP contribution in [-0.2, 0) is 24.6 Å². The van der Waals surface area contributed by atoms with Gasteiger partial charge in [0.05, 0.1) is 22.3 Å². The first kappa shape index (κ1) is 25.7. The molecule has 2 aromatic carbocycles. The molecule has 0 saturated heterocycles. The number of nitrogens with zero attached hydrogens (tertiary/aromatic N) is 3. The van der Waals surface area contributed by atoms with Gasteiger partial charge in [-0.3, -0.25) is 9.89 Å². The number of halogens is 4. The first-order valence-corrected chi connectivity index (χ1v) is 11.8. The molecule has 9 heteroatoms. The lowest BCUT2D eigenvalue weighted by Crippen LogP contribution is -2.33. The van der Waals surface area contributed by atoms with Gasteiger partial charge >= 0.3 is 6.18 Å². The quantitative estimate of drug-likeness (QED) is 0.307. The second-order valence-electron chi connectivity index (χ2n) is 9.73. The van der Waals surface area contributed by atoms with Crippen LogP contribution in [-0.4, -0.2) is 32.5 Å². The maximum Gasteiger partial charge on any atom is 0.417 e. The summed E-state index contributed by atoms with van der Waals surface area (Å²) in [5.74, 6) is -0.338. The smallest absolute Gasteiger partial charge is 0.333 e. The number of benzene rings is 2. The zero-order valence-electron chi connectivity index (χ0n) is 20.2. The van der Waals surface area contributed by atoms with Crippen LogP contribution in [0.5, 0.6) is 0 Å². The van der Waals surface area contributed by atoms with Gasteiger partial charge in [0.25, 0.3) is 5.91 Å². The largest absolute Gasteiger partial charge is 0.417 e. The third-order valence-corrected chi connectivity index (χ3v) is 6.38. The summed E-state index contributed by atoms with van der Waals surface area (Å²) in [5, 5.41) is 7.21. The van der Waals surface area contributed by atoms with Gasteiger partial charge in [0.15, 0.2) is 5.69 Å². The molecule has 5 nitrogen and oxygen atoms in total. The van der Waals surface area contributed by atoms with Gasteiger partial charge in [0, 0.05) is 24.7 Å². The molecule has 1 amide bonds. The van der Waals surface area contributed by atoms with Crippen LogP contribution in [0.25, 0.3) is 10.9 Å². The van der Waals surface area contributed by atoms with Crippen molar-refractivity contribution in [2.75, 3.05) is 6.54 Å².